The Morgan fingerprint density at radius 3 is 2.20 bits per heavy atom. The molecule has 0 bridgehead atoms. The third-order valence-electron chi connectivity index (χ3n) is 2.83. The van der Waals surface area contributed by atoms with Gasteiger partial charge < -0.3 is 9.47 Å². The van der Waals surface area contributed by atoms with Gasteiger partial charge in [0.05, 0.1) is 24.9 Å². The highest BCUT2D eigenvalue weighted by atomic mass is 16.5. The van der Waals surface area contributed by atoms with E-state index in [-0.39, 0.29) is 5.60 Å². The topological polar surface area (TPSA) is 54.3 Å². The summed E-state index contributed by atoms with van der Waals surface area (Å²) in [5.41, 5.74) is -0.524. The number of unbranched alkanes of at least 4 members (excludes halogenated alkanes) is 1. The zero-order chi connectivity index (χ0) is 15.6. The van der Waals surface area contributed by atoms with Gasteiger partial charge in [0.15, 0.2) is 0 Å². The van der Waals surface area contributed by atoms with E-state index in [1.165, 1.54) is 0 Å². The number of rotatable bonds is 10. The summed E-state index contributed by atoms with van der Waals surface area (Å²) in [6.45, 7) is 14.2. The number of nitriles is 1. The quantitative estimate of drug-likeness (QED) is 0.626. The van der Waals surface area contributed by atoms with Crippen LogP contribution in [-0.2, 0) is 9.47 Å². The lowest BCUT2D eigenvalue weighted by Gasteiger charge is -2.25. The second kappa shape index (κ2) is 9.33. The summed E-state index contributed by atoms with van der Waals surface area (Å²) in [6, 6.07) is 2.69. The molecule has 4 heteroatoms. The second-order valence-electron chi connectivity index (χ2n) is 6.77. The van der Waals surface area contributed by atoms with Crippen LogP contribution in [0.25, 0.3) is 0 Å². The molecule has 0 aromatic heterocycles. The molecule has 0 radical (unpaired) electrons. The molecule has 1 atom stereocenters. The standard InChI is InChI=1S/C16H32N2O2/c1-14(2)18-16(6,13-17)9-7-8-10-19-11-12-20-15(3,4)5/h14,18H,7-12H2,1-6H3. The molecule has 0 aliphatic rings. The Labute approximate surface area is 124 Å². The molecule has 0 heterocycles. The maximum absolute atomic E-state index is 9.22. The Morgan fingerprint density at radius 2 is 1.70 bits per heavy atom. The Bertz CT molecular complexity index is 292. The highest BCUT2D eigenvalue weighted by Gasteiger charge is 2.23. The second-order valence-corrected chi connectivity index (χ2v) is 6.77. The van der Waals surface area contributed by atoms with Gasteiger partial charge in [0.25, 0.3) is 0 Å². The number of nitrogens with zero attached hydrogens (tertiary/aromatic N) is 1. The summed E-state index contributed by atoms with van der Waals surface area (Å²) in [5.74, 6) is 0. The van der Waals surface area contributed by atoms with E-state index in [0.29, 0.717) is 19.3 Å². The maximum Gasteiger partial charge on any atom is 0.104 e. The predicted molar refractivity (Wildman–Crippen MR) is 82.7 cm³/mol. The molecule has 0 spiro atoms. The van der Waals surface area contributed by atoms with Crippen molar-refractivity contribution in [1.29, 1.82) is 5.26 Å². The van der Waals surface area contributed by atoms with E-state index < -0.39 is 5.54 Å². The van der Waals surface area contributed by atoms with Gasteiger partial charge in [0, 0.05) is 12.6 Å². The molecule has 0 aromatic carbocycles. The van der Waals surface area contributed by atoms with E-state index in [1.807, 2.05) is 27.7 Å². The first-order chi connectivity index (χ1) is 9.18. The van der Waals surface area contributed by atoms with Gasteiger partial charge in [-0.15, -0.1) is 0 Å². The number of nitrogens with one attached hydrogen (secondary N) is 1. The molecule has 0 amide bonds. The van der Waals surface area contributed by atoms with Gasteiger partial charge in [-0.3, -0.25) is 5.32 Å². The molecular formula is C16H32N2O2. The average molecular weight is 284 g/mol. The molecule has 0 saturated carbocycles. The van der Waals surface area contributed by atoms with Gasteiger partial charge in [-0.2, -0.15) is 5.26 Å². The Balaban J connectivity index is 3.59. The summed E-state index contributed by atoms with van der Waals surface area (Å²) in [4.78, 5) is 0. The molecule has 0 aliphatic carbocycles. The minimum absolute atomic E-state index is 0.0967. The largest absolute Gasteiger partial charge is 0.379 e. The van der Waals surface area contributed by atoms with Gasteiger partial charge in [-0.05, 0) is 60.8 Å². The van der Waals surface area contributed by atoms with Crippen molar-refractivity contribution < 1.29 is 9.47 Å². The van der Waals surface area contributed by atoms with Gasteiger partial charge >= 0.3 is 0 Å². The molecule has 0 rings (SSSR count). The van der Waals surface area contributed by atoms with Crippen molar-refractivity contribution in [3.63, 3.8) is 0 Å². The molecule has 0 fully saturated rings. The first-order valence-corrected chi connectivity index (χ1v) is 7.59. The zero-order valence-electron chi connectivity index (χ0n) is 14.1. The first kappa shape index (κ1) is 19.4. The minimum Gasteiger partial charge on any atom is -0.379 e. The Hall–Kier alpha value is -0.630. The molecular weight excluding hydrogens is 252 g/mol. The van der Waals surface area contributed by atoms with Crippen LogP contribution in [0.1, 0.15) is 60.8 Å². The molecule has 1 N–H and O–H groups in total. The third kappa shape index (κ3) is 11.2. The number of hydrogen-bond donors (Lipinski definition) is 1. The van der Waals surface area contributed by atoms with E-state index in [0.717, 1.165) is 25.9 Å². The fraction of sp³-hybridized carbons (Fsp3) is 0.938. The van der Waals surface area contributed by atoms with Gasteiger partial charge in [0.1, 0.15) is 5.54 Å². The summed E-state index contributed by atoms with van der Waals surface area (Å²) >= 11 is 0. The molecule has 118 valence electrons. The van der Waals surface area contributed by atoms with Crippen LogP contribution in [0.3, 0.4) is 0 Å². The molecule has 20 heavy (non-hydrogen) atoms. The summed E-state index contributed by atoms with van der Waals surface area (Å²) in [6.07, 6.45) is 2.82. The van der Waals surface area contributed by atoms with Crippen molar-refractivity contribution in [3.8, 4) is 6.07 Å². The molecule has 0 aromatic rings. The van der Waals surface area contributed by atoms with Crippen LogP contribution >= 0.6 is 0 Å². The molecule has 4 nitrogen and oxygen atoms in total. The smallest absolute Gasteiger partial charge is 0.104 e. The van der Waals surface area contributed by atoms with E-state index in [1.54, 1.807) is 0 Å². The van der Waals surface area contributed by atoms with E-state index in [4.69, 9.17) is 9.47 Å². The van der Waals surface area contributed by atoms with E-state index >= 15 is 0 Å². The first-order valence-electron chi connectivity index (χ1n) is 7.59. The monoisotopic (exact) mass is 284 g/mol. The lowest BCUT2D eigenvalue weighted by atomic mass is 9.96. The zero-order valence-corrected chi connectivity index (χ0v) is 14.1. The van der Waals surface area contributed by atoms with Gasteiger partial charge in [-0.1, -0.05) is 0 Å². The van der Waals surface area contributed by atoms with Crippen molar-refractivity contribution in [2.75, 3.05) is 19.8 Å². The summed E-state index contributed by atoms with van der Waals surface area (Å²) < 4.78 is 11.1. The average Bonchev–Trinajstić information content (AvgIpc) is 2.30. The third-order valence-corrected chi connectivity index (χ3v) is 2.83. The van der Waals surface area contributed by atoms with Gasteiger partial charge in [0.2, 0.25) is 0 Å². The predicted octanol–water partition coefficient (Wildman–Crippen LogP) is 3.27. The van der Waals surface area contributed by atoms with Crippen molar-refractivity contribution in [1.82, 2.24) is 5.32 Å². The Kier molecular flexibility index (Phi) is 9.04. The van der Waals surface area contributed by atoms with Crippen LogP contribution in [0.2, 0.25) is 0 Å². The normalized spacial score (nSPS) is 15.1. The molecule has 0 aliphatic heterocycles. The van der Waals surface area contributed by atoms with Crippen LogP contribution in [0.4, 0.5) is 0 Å². The van der Waals surface area contributed by atoms with Crippen molar-refractivity contribution in [3.05, 3.63) is 0 Å². The maximum atomic E-state index is 9.22. The number of hydrogen-bond acceptors (Lipinski definition) is 4. The molecule has 1 unspecified atom stereocenters. The van der Waals surface area contributed by atoms with Gasteiger partial charge in [-0.25, -0.2) is 0 Å². The molecule has 0 saturated heterocycles. The van der Waals surface area contributed by atoms with Crippen molar-refractivity contribution in [2.45, 2.75) is 78.0 Å². The minimum atomic E-state index is -0.427. The highest BCUT2D eigenvalue weighted by molar-refractivity contribution is 5.04. The van der Waals surface area contributed by atoms with Crippen LogP contribution in [0, 0.1) is 11.3 Å². The fourth-order valence-electron chi connectivity index (χ4n) is 1.99. The lowest BCUT2D eigenvalue weighted by Crippen LogP contribution is -2.44. The fourth-order valence-corrected chi connectivity index (χ4v) is 1.99. The SMILES string of the molecule is CC(C)NC(C)(C#N)CCCCOCCOC(C)(C)C. The lowest BCUT2D eigenvalue weighted by molar-refractivity contribution is -0.0352. The van der Waals surface area contributed by atoms with E-state index in [2.05, 4.69) is 25.2 Å². The van der Waals surface area contributed by atoms with E-state index in [9.17, 15) is 5.26 Å². The van der Waals surface area contributed by atoms with Crippen LogP contribution in [0.5, 0.6) is 0 Å². The summed E-state index contributed by atoms with van der Waals surface area (Å²) in [5, 5.41) is 12.5. The number of ether oxygens (including phenoxy) is 2. The Morgan fingerprint density at radius 1 is 1.05 bits per heavy atom. The van der Waals surface area contributed by atoms with Crippen LogP contribution in [0.15, 0.2) is 0 Å². The van der Waals surface area contributed by atoms with Crippen molar-refractivity contribution >= 4 is 0 Å². The van der Waals surface area contributed by atoms with Crippen LogP contribution < -0.4 is 5.32 Å². The van der Waals surface area contributed by atoms with Crippen molar-refractivity contribution in [2.24, 2.45) is 0 Å². The van der Waals surface area contributed by atoms with Crippen LogP contribution in [-0.4, -0.2) is 37.0 Å². The summed E-state index contributed by atoms with van der Waals surface area (Å²) in [7, 11) is 0. The highest BCUT2D eigenvalue weighted by Crippen LogP contribution is 2.14.